The largest absolute Gasteiger partial charge is 0.416 e. The lowest BCUT2D eigenvalue weighted by Crippen LogP contribution is -2.61. The highest BCUT2D eigenvalue weighted by atomic mass is 19.4. The molecule has 1 atom stereocenters. The maximum Gasteiger partial charge on any atom is 0.416 e. The monoisotopic (exact) mass is 931 g/mol. The third kappa shape index (κ3) is 7.32. The Morgan fingerprint density at radius 3 is 2.21 bits per heavy atom. The number of halogens is 3. The number of carbonyl (C=O) groups excluding carboxylic acids is 6. The van der Waals surface area contributed by atoms with Crippen LogP contribution < -0.4 is 20.0 Å². The minimum Gasteiger partial charge on any atom is -0.371 e. The predicted molar refractivity (Wildman–Crippen MR) is 242 cm³/mol. The molecule has 1 unspecified atom stereocenters. The lowest BCUT2D eigenvalue weighted by Gasteiger charge is -2.55. The number of piperidine rings is 3. The first-order chi connectivity index (χ1) is 32.5. The van der Waals surface area contributed by atoms with E-state index in [2.05, 4.69) is 27.3 Å². The minimum atomic E-state index is -4.66. The van der Waals surface area contributed by atoms with Gasteiger partial charge in [-0.2, -0.15) is 13.2 Å². The molecule has 7 heterocycles. The zero-order valence-electron chi connectivity index (χ0n) is 38.0. The quantitative estimate of drug-likeness (QED) is 0.219. The van der Waals surface area contributed by atoms with Crippen LogP contribution in [0.25, 0.3) is 0 Å². The molecule has 6 aliphatic heterocycles. The van der Waals surface area contributed by atoms with Crippen LogP contribution in [0.5, 0.6) is 0 Å². The van der Waals surface area contributed by atoms with Gasteiger partial charge in [-0.3, -0.25) is 39.0 Å². The van der Waals surface area contributed by atoms with Crippen LogP contribution in [0.2, 0.25) is 0 Å². The molecule has 0 radical (unpaired) electrons. The van der Waals surface area contributed by atoms with Gasteiger partial charge in [-0.05, 0) is 104 Å². The smallest absolute Gasteiger partial charge is 0.371 e. The molecule has 68 heavy (non-hydrogen) atoms. The molecule has 6 amide bonds. The summed E-state index contributed by atoms with van der Waals surface area (Å²) in [5.41, 5.74) is 2.10. The van der Waals surface area contributed by atoms with Crippen LogP contribution in [0.15, 0.2) is 60.9 Å². The molecule has 3 aromatic carbocycles. The van der Waals surface area contributed by atoms with E-state index in [1.54, 1.807) is 36.7 Å². The lowest BCUT2D eigenvalue weighted by atomic mass is 9.57. The van der Waals surface area contributed by atoms with Gasteiger partial charge in [-0.15, -0.1) is 10.2 Å². The fraction of sp³-hybridized carbons (Fsp3) is 0.480. The van der Waals surface area contributed by atoms with Crippen molar-refractivity contribution in [1.29, 1.82) is 0 Å². The second-order valence-electron chi connectivity index (χ2n) is 20.4. The second-order valence-corrected chi connectivity index (χ2v) is 20.4. The van der Waals surface area contributed by atoms with Gasteiger partial charge in [0.2, 0.25) is 17.7 Å². The molecule has 18 heteroatoms. The van der Waals surface area contributed by atoms with Gasteiger partial charge in [-0.1, -0.05) is 19.1 Å². The maximum absolute atomic E-state index is 14.8. The zero-order valence-corrected chi connectivity index (χ0v) is 38.0. The predicted octanol–water partition coefficient (Wildman–Crippen LogP) is 5.65. The summed E-state index contributed by atoms with van der Waals surface area (Å²) in [6.07, 6.45) is 2.32. The number of hydrogen-bond donors (Lipinski definition) is 1. The number of alkyl halides is 3. The standard InChI is InChI=1S/C50H52F3N9O6/c1-29-22-49(23-29,24-41-56-54-28-57(41)2)31-4-3-5-33(18-31)61-25-38-37(45(61)66)20-34(21-39(38)50(51,52)53)60-26-48(27-60)12-16-59(17-13-48)44(65)30-10-14-58(15-11-30)32-6-7-35-36(19-32)47(68)62(46(35)67)40-8-9-42(63)55-43(40)64/h3-7,18-21,28-30,40H,8-17,22-27H2,1-2H3,(H,55,63,64). The van der Waals surface area contributed by atoms with Crippen molar-refractivity contribution in [1.82, 2.24) is 29.9 Å². The Morgan fingerprint density at radius 1 is 0.809 bits per heavy atom. The second kappa shape index (κ2) is 16.0. The summed E-state index contributed by atoms with van der Waals surface area (Å²) in [6, 6.07) is 14.5. The van der Waals surface area contributed by atoms with Crippen molar-refractivity contribution in [3.8, 4) is 0 Å². The van der Waals surface area contributed by atoms with E-state index in [1.165, 1.54) is 11.0 Å². The van der Waals surface area contributed by atoms with Gasteiger partial charge in [-0.25, -0.2) is 0 Å². The Kier molecular flexibility index (Phi) is 10.3. The summed E-state index contributed by atoms with van der Waals surface area (Å²) in [5.74, 6) is -1.39. The summed E-state index contributed by atoms with van der Waals surface area (Å²) in [7, 11) is 1.91. The van der Waals surface area contributed by atoms with Crippen LogP contribution in [0.4, 0.5) is 30.2 Å². The molecule has 11 rings (SSSR count). The van der Waals surface area contributed by atoms with Crippen molar-refractivity contribution in [2.45, 2.75) is 88.9 Å². The van der Waals surface area contributed by atoms with Gasteiger partial charge in [0.15, 0.2) is 0 Å². The molecule has 1 spiro atoms. The Bertz CT molecular complexity index is 2800. The maximum atomic E-state index is 14.8. The highest BCUT2D eigenvalue weighted by Gasteiger charge is 2.50. The van der Waals surface area contributed by atoms with Crippen molar-refractivity contribution >= 4 is 52.5 Å². The van der Waals surface area contributed by atoms with Crippen molar-refractivity contribution in [3.05, 3.63) is 100 Å². The van der Waals surface area contributed by atoms with Crippen molar-refractivity contribution in [3.63, 3.8) is 0 Å². The Balaban J connectivity index is 0.710. The third-order valence-corrected chi connectivity index (χ3v) is 16.1. The normalized spacial score (nSPS) is 24.9. The number of rotatable bonds is 8. The molecule has 4 aromatic rings. The first-order valence-electron chi connectivity index (χ1n) is 23.6. The number of benzene rings is 3. The van der Waals surface area contributed by atoms with E-state index < -0.39 is 47.3 Å². The highest BCUT2D eigenvalue weighted by Crippen LogP contribution is 2.51. The number of aromatic nitrogens is 3. The summed E-state index contributed by atoms with van der Waals surface area (Å²) < 4.78 is 46.4. The fourth-order valence-electron chi connectivity index (χ4n) is 12.3. The van der Waals surface area contributed by atoms with E-state index in [-0.39, 0.29) is 64.3 Å². The van der Waals surface area contributed by atoms with Gasteiger partial charge in [0.1, 0.15) is 18.2 Å². The molecule has 1 aromatic heterocycles. The van der Waals surface area contributed by atoms with E-state index in [0.29, 0.717) is 75.8 Å². The average Bonchev–Trinajstić information content (AvgIpc) is 3.95. The number of nitrogens with one attached hydrogen (secondary N) is 1. The highest BCUT2D eigenvalue weighted by molar-refractivity contribution is 6.23. The molecule has 4 saturated heterocycles. The lowest BCUT2D eigenvalue weighted by molar-refractivity contribution is -0.139. The first-order valence-corrected chi connectivity index (χ1v) is 23.6. The van der Waals surface area contributed by atoms with E-state index >= 15 is 0 Å². The fourth-order valence-corrected chi connectivity index (χ4v) is 12.3. The van der Waals surface area contributed by atoms with E-state index in [0.717, 1.165) is 47.7 Å². The molecule has 1 aliphatic carbocycles. The van der Waals surface area contributed by atoms with E-state index in [4.69, 9.17) is 0 Å². The van der Waals surface area contributed by atoms with Gasteiger partial charge in [0.25, 0.3) is 17.7 Å². The number of amides is 6. The third-order valence-electron chi connectivity index (χ3n) is 16.1. The van der Waals surface area contributed by atoms with Gasteiger partial charge in [0.05, 0.1) is 23.2 Å². The van der Waals surface area contributed by atoms with Crippen molar-refractivity contribution in [2.24, 2.45) is 24.3 Å². The molecule has 1 N–H and O–H groups in total. The molecular formula is C50H52F3N9O6. The summed E-state index contributed by atoms with van der Waals surface area (Å²) in [4.78, 5) is 87.1. The molecule has 5 fully saturated rings. The summed E-state index contributed by atoms with van der Waals surface area (Å²) >= 11 is 0. The van der Waals surface area contributed by atoms with E-state index in [9.17, 15) is 41.9 Å². The zero-order chi connectivity index (χ0) is 47.4. The topological polar surface area (TPSA) is 161 Å². The van der Waals surface area contributed by atoms with Gasteiger partial charge < -0.3 is 24.2 Å². The molecule has 1 saturated carbocycles. The van der Waals surface area contributed by atoms with Crippen LogP contribution in [0, 0.1) is 17.3 Å². The Labute approximate surface area is 390 Å². The number of anilines is 3. The summed E-state index contributed by atoms with van der Waals surface area (Å²) in [6.45, 7) is 5.36. The van der Waals surface area contributed by atoms with Gasteiger partial charge >= 0.3 is 6.18 Å². The van der Waals surface area contributed by atoms with E-state index in [1.807, 2.05) is 39.6 Å². The van der Waals surface area contributed by atoms with Gasteiger partial charge in [0, 0.05) is 98.5 Å². The average molecular weight is 932 g/mol. The SMILES string of the molecule is CC1CC(Cc2nncn2C)(c2cccc(N3Cc4c(cc(N5CC6(CCN(C(=O)C7CCN(c8ccc9c(c8)C(=O)N(C8CCC(=O)NC8=O)C9=O)CC7)CC6)C5)cc4C(F)(F)F)C3=O)c2)C1. The Hall–Kier alpha value is -6.59. The number of nitrogens with zero attached hydrogens (tertiary/aromatic N) is 8. The molecule has 7 aliphatic rings. The Morgan fingerprint density at radius 2 is 1.53 bits per heavy atom. The number of likely N-dealkylation sites (tertiary alicyclic amines) is 1. The van der Waals surface area contributed by atoms with Crippen LogP contribution in [0.3, 0.4) is 0 Å². The van der Waals surface area contributed by atoms with Crippen molar-refractivity contribution < 1.29 is 41.9 Å². The minimum absolute atomic E-state index is 0.00662. The molecular weight excluding hydrogens is 880 g/mol. The number of carbonyl (C=O) groups is 6. The van der Waals surface area contributed by atoms with Crippen LogP contribution in [-0.2, 0) is 46.0 Å². The van der Waals surface area contributed by atoms with Crippen molar-refractivity contribution in [2.75, 3.05) is 54.0 Å². The number of aryl methyl sites for hydroxylation is 1. The number of hydrogen-bond acceptors (Lipinski definition) is 10. The van der Waals surface area contributed by atoms with Crippen LogP contribution in [-0.4, -0.2) is 105 Å². The molecule has 15 nitrogen and oxygen atoms in total. The first kappa shape index (κ1) is 43.9. The number of fused-ring (bicyclic) bond motifs is 2. The molecule has 0 bridgehead atoms. The number of imide groups is 2. The van der Waals surface area contributed by atoms with Crippen LogP contribution >= 0.6 is 0 Å². The molecule has 354 valence electrons. The van der Waals surface area contributed by atoms with Crippen LogP contribution in [0.1, 0.15) is 112 Å². The summed E-state index contributed by atoms with van der Waals surface area (Å²) in [5, 5.41) is 10.6.